The number of rotatable bonds is 5. The van der Waals surface area contributed by atoms with Gasteiger partial charge in [0, 0.05) is 18.8 Å². The molecule has 2 atom stereocenters. The molecule has 1 saturated heterocycles. The van der Waals surface area contributed by atoms with Crippen LogP contribution in [0.4, 0.5) is 0 Å². The molecule has 4 nitrogen and oxygen atoms in total. The second kappa shape index (κ2) is 6.60. The second-order valence-electron chi connectivity index (χ2n) is 5.82. The van der Waals surface area contributed by atoms with Gasteiger partial charge in [-0.25, -0.2) is 8.42 Å². The van der Waals surface area contributed by atoms with E-state index in [-0.39, 0.29) is 11.9 Å². The van der Waals surface area contributed by atoms with E-state index in [9.17, 15) is 13.2 Å². The average Bonchev–Trinajstić information content (AvgIpc) is 2.92. The Labute approximate surface area is 127 Å². The molecule has 1 fully saturated rings. The monoisotopic (exact) mass is 309 g/mol. The highest BCUT2D eigenvalue weighted by molar-refractivity contribution is 7.92. The fourth-order valence-corrected chi connectivity index (χ4v) is 3.32. The van der Waals surface area contributed by atoms with Gasteiger partial charge in [0.15, 0.2) is 9.84 Å². The molecule has 0 unspecified atom stereocenters. The summed E-state index contributed by atoms with van der Waals surface area (Å²) >= 11 is 0. The van der Waals surface area contributed by atoms with Gasteiger partial charge in [0.1, 0.15) is 5.25 Å². The molecule has 1 aromatic rings. The lowest BCUT2D eigenvalue weighted by molar-refractivity contribution is -0.131. The van der Waals surface area contributed by atoms with Crippen molar-refractivity contribution in [3.8, 4) is 0 Å². The number of benzene rings is 1. The van der Waals surface area contributed by atoms with E-state index in [1.807, 2.05) is 18.2 Å². The molecule has 1 aliphatic rings. The van der Waals surface area contributed by atoms with Crippen molar-refractivity contribution < 1.29 is 13.2 Å². The summed E-state index contributed by atoms with van der Waals surface area (Å²) < 4.78 is 23.1. The minimum Gasteiger partial charge on any atom is -0.339 e. The Bertz CT molecular complexity index is 583. The van der Waals surface area contributed by atoms with Gasteiger partial charge in [0.05, 0.1) is 0 Å². The van der Waals surface area contributed by atoms with Crippen LogP contribution < -0.4 is 0 Å². The molecular formula is C16H23NO3S. The van der Waals surface area contributed by atoms with Crippen molar-refractivity contribution in [1.82, 2.24) is 4.90 Å². The molecule has 1 amide bonds. The summed E-state index contributed by atoms with van der Waals surface area (Å²) in [4.78, 5) is 14.1. The Morgan fingerprint density at radius 3 is 2.62 bits per heavy atom. The quantitative estimate of drug-likeness (QED) is 0.836. The third-order valence-electron chi connectivity index (χ3n) is 4.26. The number of carbonyl (C=O) groups excluding carboxylic acids is 1. The molecule has 2 rings (SSSR count). The molecule has 0 radical (unpaired) electrons. The van der Waals surface area contributed by atoms with E-state index in [4.69, 9.17) is 0 Å². The molecule has 0 saturated carbocycles. The third-order valence-corrected chi connectivity index (χ3v) is 5.75. The maximum absolute atomic E-state index is 12.4. The zero-order valence-corrected chi connectivity index (χ0v) is 13.5. The van der Waals surface area contributed by atoms with Gasteiger partial charge in [0.25, 0.3) is 0 Å². The topological polar surface area (TPSA) is 54.5 Å². The summed E-state index contributed by atoms with van der Waals surface area (Å²) in [6.07, 6.45) is 4.87. The van der Waals surface area contributed by atoms with Crippen molar-refractivity contribution in [1.29, 1.82) is 0 Å². The van der Waals surface area contributed by atoms with Crippen LogP contribution in [0.3, 0.4) is 0 Å². The van der Waals surface area contributed by atoms with Crippen LogP contribution in [0.2, 0.25) is 0 Å². The predicted octanol–water partition coefficient (Wildman–Crippen LogP) is 2.04. The van der Waals surface area contributed by atoms with Gasteiger partial charge in [-0.05, 0) is 38.2 Å². The molecule has 116 valence electrons. The van der Waals surface area contributed by atoms with E-state index >= 15 is 0 Å². The predicted molar refractivity (Wildman–Crippen MR) is 83.8 cm³/mol. The van der Waals surface area contributed by atoms with Gasteiger partial charge in [-0.2, -0.15) is 0 Å². The number of hydrogen-bond acceptors (Lipinski definition) is 3. The van der Waals surface area contributed by atoms with Gasteiger partial charge < -0.3 is 4.90 Å². The Morgan fingerprint density at radius 1 is 1.33 bits per heavy atom. The van der Waals surface area contributed by atoms with Crippen molar-refractivity contribution in [2.45, 2.75) is 43.9 Å². The molecule has 1 aromatic carbocycles. The normalized spacial score (nSPS) is 20.5. The molecule has 0 bridgehead atoms. The first-order valence-electron chi connectivity index (χ1n) is 7.43. The first-order chi connectivity index (χ1) is 9.89. The Hall–Kier alpha value is -1.36. The molecule has 1 heterocycles. The van der Waals surface area contributed by atoms with E-state index in [1.165, 1.54) is 12.5 Å². The molecule has 21 heavy (non-hydrogen) atoms. The van der Waals surface area contributed by atoms with Crippen LogP contribution in [-0.2, 0) is 21.1 Å². The van der Waals surface area contributed by atoms with Crippen LogP contribution in [0.15, 0.2) is 30.3 Å². The smallest absolute Gasteiger partial charge is 0.240 e. The van der Waals surface area contributed by atoms with Gasteiger partial charge in [0.2, 0.25) is 5.91 Å². The third kappa shape index (κ3) is 4.06. The Balaban J connectivity index is 1.99. The molecule has 5 heteroatoms. The van der Waals surface area contributed by atoms with Crippen LogP contribution >= 0.6 is 0 Å². The summed E-state index contributed by atoms with van der Waals surface area (Å²) in [6.45, 7) is 2.17. The second-order valence-corrected chi connectivity index (χ2v) is 8.19. The highest BCUT2D eigenvalue weighted by atomic mass is 32.2. The first-order valence-corrected chi connectivity index (χ1v) is 9.38. The highest BCUT2D eigenvalue weighted by Gasteiger charge is 2.34. The summed E-state index contributed by atoms with van der Waals surface area (Å²) in [5, 5.41) is -0.935. The summed E-state index contributed by atoms with van der Waals surface area (Å²) in [6, 6.07) is 10.3. The highest BCUT2D eigenvalue weighted by Crippen LogP contribution is 2.23. The maximum atomic E-state index is 12.4. The number of likely N-dealkylation sites (tertiary alicyclic amines) is 1. The molecule has 0 spiro atoms. The standard InChI is InChI=1S/C16H23NO3S/c1-13(21(2,19)20)16(18)17-12-6-9-15(17)11-10-14-7-4-3-5-8-14/h3-5,7-8,13,15H,6,9-12H2,1-2H3/t13-,15-/m1/s1. The van der Waals surface area contributed by atoms with E-state index < -0.39 is 15.1 Å². The number of amides is 1. The van der Waals surface area contributed by atoms with Crippen molar-refractivity contribution in [2.24, 2.45) is 0 Å². The van der Waals surface area contributed by atoms with E-state index in [2.05, 4.69) is 12.1 Å². The minimum absolute atomic E-state index is 0.168. The Morgan fingerprint density at radius 2 is 2.00 bits per heavy atom. The zero-order chi connectivity index (χ0) is 15.5. The van der Waals surface area contributed by atoms with Crippen LogP contribution in [0.5, 0.6) is 0 Å². The summed E-state index contributed by atoms with van der Waals surface area (Å²) in [5.41, 5.74) is 1.26. The minimum atomic E-state index is -3.32. The van der Waals surface area contributed by atoms with E-state index in [0.717, 1.165) is 31.9 Å². The Kier molecular flexibility index (Phi) is 5.04. The van der Waals surface area contributed by atoms with Crippen LogP contribution in [0.1, 0.15) is 31.7 Å². The zero-order valence-electron chi connectivity index (χ0n) is 12.7. The van der Waals surface area contributed by atoms with E-state index in [1.54, 1.807) is 4.90 Å². The lowest BCUT2D eigenvalue weighted by Gasteiger charge is -2.27. The maximum Gasteiger partial charge on any atom is 0.240 e. The number of carbonyl (C=O) groups is 1. The lowest BCUT2D eigenvalue weighted by Crippen LogP contribution is -2.43. The number of sulfone groups is 1. The van der Waals surface area contributed by atoms with Gasteiger partial charge in [-0.3, -0.25) is 4.79 Å². The van der Waals surface area contributed by atoms with E-state index in [0.29, 0.717) is 6.54 Å². The summed E-state index contributed by atoms with van der Waals surface area (Å²) in [5.74, 6) is -0.243. The SMILES string of the molecule is C[C@H](C(=O)N1CCC[C@@H]1CCc1ccccc1)S(C)(=O)=O. The van der Waals surface area contributed by atoms with Crippen molar-refractivity contribution in [2.75, 3.05) is 12.8 Å². The number of hydrogen-bond donors (Lipinski definition) is 0. The van der Waals surface area contributed by atoms with Crippen LogP contribution in [0, 0.1) is 0 Å². The van der Waals surface area contributed by atoms with Crippen LogP contribution in [0.25, 0.3) is 0 Å². The molecule has 0 aliphatic carbocycles. The lowest BCUT2D eigenvalue weighted by atomic mass is 10.0. The first kappa shape index (κ1) is 16.0. The molecule has 1 aliphatic heterocycles. The molecule has 0 aromatic heterocycles. The molecule has 0 N–H and O–H groups in total. The van der Waals surface area contributed by atoms with Crippen LogP contribution in [-0.4, -0.2) is 43.3 Å². The fraction of sp³-hybridized carbons (Fsp3) is 0.562. The number of aryl methyl sites for hydroxylation is 1. The molecular weight excluding hydrogens is 286 g/mol. The van der Waals surface area contributed by atoms with Gasteiger partial charge >= 0.3 is 0 Å². The fourth-order valence-electron chi connectivity index (χ4n) is 2.82. The van der Waals surface area contributed by atoms with Gasteiger partial charge in [-0.1, -0.05) is 30.3 Å². The van der Waals surface area contributed by atoms with Gasteiger partial charge in [-0.15, -0.1) is 0 Å². The van der Waals surface area contributed by atoms with Crippen molar-refractivity contribution in [3.05, 3.63) is 35.9 Å². The van der Waals surface area contributed by atoms with Crippen molar-refractivity contribution >= 4 is 15.7 Å². The number of nitrogens with zero attached hydrogens (tertiary/aromatic N) is 1. The largest absolute Gasteiger partial charge is 0.339 e. The average molecular weight is 309 g/mol. The summed E-state index contributed by atoms with van der Waals surface area (Å²) in [7, 11) is -3.32. The van der Waals surface area contributed by atoms with Crippen molar-refractivity contribution in [3.63, 3.8) is 0 Å².